The van der Waals surface area contributed by atoms with Gasteiger partial charge in [0, 0.05) is 16.8 Å². The summed E-state index contributed by atoms with van der Waals surface area (Å²) in [5.74, 6) is 0.294. The van der Waals surface area contributed by atoms with E-state index < -0.39 is 0 Å². The van der Waals surface area contributed by atoms with Crippen LogP contribution in [0, 0.1) is 0 Å². The second kappa shape index (κ2) is 7.05. The fourth-order valence-corrected chi connectivity index (χ4v) is 5.89. The summed E-state index contributed by atoms with van der Waals surface area (Å²) < 4.78 is 0. The minimum absolute atomic E-state index is 0.294. The second-order valence-electron chi connectivity index (χ2n) is 9.13. The van der Waals surface area contributed by atoms with Crippen molar-refractivity contribution < 1.29 is 5.11 Å². The number of fused-ring (bicyclic) bond motifs is 8. The van der Waals surface area contributed by atoms with Crippen LogP contribution >= 0.6 is 0 Å². The standard InChI is InChI=1S/C31H23NO/c33-27-18-15-21-9-3-6-12-24(21)30(27)31-29-23-11-5-2-7-19(23)13-16-25(29)28-22-10-4-1-8-20(22)14-17-26(28)32-31/h1-12,15,18,33H,13-14,16-17H2. The van der Waals surface area contributed by atoms with E-state index in [1.165, 1.54) is 38.9 Å². The fraction of sp³-hybridized carbons (Fsp3) is 0.129. The predicted molar refractivity (Wildman–Crippen MR) is 135 cm³/mol. The first-order valence-corrected chi connectivity index (χ1v) is 11.7. The molecule has 0 spiro atoms. The SMILES string of the molecule is Oc1ccc2ccccc2c1-c1nc2c(c3c1-c1ccccc1CC3)-c1ccccc1CC2. The number of benzene rings is 4. The van der Waals surface area contributed by atoms with Crippen molar-refractivity contribution in [1.82, 2.24) is 4.98 Å². The predicted octanol–water partition coefficient (Wildman–Crippen LogP) is 7.14. The van der Waals surface area contributed by atoms with Crippen LogP contribution < -0.4 is 0 Å². The van der Waals surface area contributed by atoms with Crippen molar-refractivity contribution in [1.29, 1.82) is 0 Å². The molecule has 2 aliphatic carbocycles. The number of hydrogen-bond acceptors (Lipinski definition) is 2. The highest BCUT2D eigenvalue weighted by molar-refractivity contribution is 6.04. The monoisotopic (exact) mass is 425 g/mol. The molecule has 0 amide bonds. The second-order valence-corrected chi connectivity index (χ2v) is 9.13. The largest absolute Gasteiger partial charge is 0.507 e. The Morgan fingerprint density at radius 3 is 2.06 bits per heavy atom. The van der Waals surface area contributed by atoms with E-state index in [1.54, 1.807) is 0 Å². The van der Waals surface area contributed by atoms with E-state index in [4.69, 9.17) is 4.98 Å². The molecule has 0 atom stereocenters. The van der Waals surface area contributed by atoms with Crippen molar-refractivity contribution in [2.45, 2.75) is 25.7 Å². The lowest BCUT2D eigenvalue weighted by Crippen LogP contribution is -2.15. The van der Waals surface area contributed by atoms with Gasteiger partial charge in [0.25, 0.3) is 0 Å². The molecule has 0 aliphatic heterocycles. The van der Waals surface area contributed by atoms with Gasteiger partial charge in [0.2, 0.25) is 0 Å². The Morgan fingerprint density at radius 1 is 0.576 bits per heavy atom. The lowest BCUT2D eigenvalue weighted by atomic mass is 9.76. The molecular formula is C31H23NO. The van der Waals surface area contributed by atoms with Gasteiger partial charge in [-0.15, -0.1) is 0 Å². The van der Waals surface area contributed by atoms with Crippen molar-refractivity contribution >= 4 is 10.8 Å². The average Bonchev–Trinajstić information content (AvgIpc) is 2.87. The first kappa shape index (κ1) is 18.6. The molecule has 0 saturated heterocycles. The first-order chi connectivity index (χ1) is 16.3. The minimum atomic E-state index is 0.294. The number of phenolic OH excluding ortho intramolecular Hbond substituents is 1. The van der Waals surface area contributed by atoms with E-state index in [9.17, 15) is 5.11 Å². The highest BCUT2D eigenvalue weighted by Gasteiger charge is 2.30. The lowest BCUT2D eigenvalue weighted by molar-refractivity contribution is 0.478. The third-order valence-corrected chi connectivity index (χ3v) is 7.37. The van der Waals surface area contributed by atoms with Crippen molar-refractivity contribution in [3.63, 3.8) is 0 Å². The third kappa shape index (κ3) is 2.70. The number of aromatic hydroxyl groups is 1. The van der Waals surface area contributed by atoms with Gasteiger partial charge in [0.1, 0.15) is 5.75 Å². The Morgan fingerprint density at radius 2 is 1.24 bits per heavy atom. The number of aromatic nitrogens is 1. The van der Waals surface area contributed by atoms with Crippen LogP contribution in [0.3, 0.4) is 0 Å². The number of hydrogen-bond donors (Lipinski definition) is 1. The Labute approximate surface area is 193 Å². The van der Waals surface area contributed by atoms with Gasteiger partial charge in [-0.2, -0.15) is 0 Å². The molecule has 1 aromatic heterocycles. The average molecular weight is 426 g/mol. The molecule has 0 fully saturated rings. The van der Waals surface area contributed by atoms with Crippen LogP contribution in [-0.4, -0.2) is 10.1 Å². The molecule has 4 aromatic carbocycles. The van der Waals surface area contributed by atoms with E-state index in [-0.39, 0.29) is 0 Å². The minimum Gasteiger partial charge on any atom is -0.507 e. The summed E-state index contributed by atoms with van der Waals surface area (Å²) >= 11 is 0. The van der Waals surface area contributed by atoms with Gasteiger partial charge in [-0.05, 0) is 70.3 Å². The number of phenols is 1. The zero-order valence-corrected chi connectivity index (χ0v) is 18.3. The van der Waals surface area contributed by atoms with E-state index >= 15 is 0 Å². The van der Waals surface area contributed by atoms with E-state index in [2.05, 4.69) is 60.7 Å². The molecule has 2 heteroatoms. The van der Waals surface area contributed by atoms with Crippen molar-refractivity contribution in [3.05, 3.63) is 107 Å². The molecule has 2 nitrogen and oxygen atoms in total. The van der Waals surface area contributed by atoms with Crippen LogP contribution in [-0.2, 0) is 25.7 Å². The van der Waals surface area contributed by atoms with Crippen LogP contribution in [0.5, 0.6) is 5.75 Å². The van der Waals surface area contributed by atoms with Gasteiger partial charge in [0.15, 0.2) is 0 Å². The third-order valence-electron chi connectivity index (χ3n) is 7.37. The highest BCUT2D eigenvalue weighted by atomic mass is 16.3. The number of pyridine rings is 1. The van der Waals surface area contributed by atoms with Gasteiger partial charge in [-0.25, -0.2) is 0 Å². The van der Waals surface area contributed by atoms with E-state index in [0.717, 1.165) is 53.4 Å². The van der Waals surface area contributed by atoms with Crippen LogP contribution in [0.15, 0.2) is 84.9 Å². The summed E-state index contributed by atoms with van der Waals surface area (Å²) in [6.07, 6.45) is 3.96. The molecule has 158 valence electrons. The molecule has 2 aliphatic rings. The van der Waals surface area contributed by atoms with Gasteiger partial charge in [-0.3, -0.25) is 4.98 Å². The molecule has 1 heterocycles. The number of rotatable bonds is 1. The maximum atomic E-state index is 11.1. The summed E-state index contributed by atoms with van der Waals surface area (Å²) in [6, 6.07) is 29.6. The van der Waals surface area contributed by atoms with Gasteiger partial charge >= 0.3 is 0 Å². The molecule has 5 aromatic rings. The van der Waals surface area contributed by atoms with Crippen LogP contribution in [0.1, 0.15) is 22.4 Å². The maximum absolute atomic E-state index is 11.1. The normalized spacial score (nSPS) is 13.7. The first-order valence-electron chi connectivity index (χ1n) is 11.7. The Bertz CT molecular complexity index is 1580. The molecule has 0 saturated carbocycles. The quantitative estimate of drug-likeness (QED) is 0.310. The molecule has 0 radical (unpaired) electrons. The van der Waals surface area contributed by atoms with E-state index in [0.29, 0.717) is 5.75 Å². The van der Waals surface area contributed by atoms with Gasteiger partial charge < -0.3 is 5.11 Å². The Kier molecular flexibility index (Phi) is 3.98. The number of nitrogens with zero attached hydrogens (tertiary/aromatic N) is 1. The molecular weight excluding hydrogens is 402 g/mol. The summed E-state index contributed by atoms with van der Waals surface area (Å²) in [7, 11) is 0. The van der Waals surface area contributed by atoms with Crippen molar-refractivity contribution in [3.8, 4) is 39.3 Å². The topological polar surface area (TPSA) is 33.1 Å². The maximum Gasteiger partial charge on any atom is 0.125 e. The summed E-state index contributed by atoms with van der Waals surface area (Å²) in [5.41, 5.74) is 12.2. The Balaban J connectivity index is 1.64. The highest BCUT2D eigenvalue weighted by Crippen LogP contribution is 2.49. The molecule has 1 N–H and O–H groups in total. The zero-order valence-electron chi connectivity index (χ0n) is 18.3. The fourth-order valence-electron chi connectivity index (χ4n) is 5.89. The van der Waals surface area contributed by atoms with E-state index in [1.807, 2.05) is 24.3 Å². The van der Waals surface area contributed by atoms with Crippen LogP contribution in [0.4, 0.5) is 0 Å². The molecule has 0 bridgehead atoms. The van der Waals surface area contributed by atoms with Crippen molar-refractivity contribution in [2.24, 2.45) is 0 Å². The smallest absolute Gasteiger partial charge is 0.125 e. The van der Waals surface area contributed by atoms with Crippen LogP contribution in [0.25, 0.3) is 44.3 Å². The molecule has 7 rings (SSSR count). The number of aryl methyl sites for hydroxylation is 3. The van der Waals surface area contributed by atoms with Gasteiger partial charge in [0.05, 0.1) is 11.3 Å². The summed E-state index contributed by atoms with van der Waals surface area (Å²) in [4.78, 5) is 5.35. The Hall–Kier alpha value is -3.91. The molecule has 33 heavy (non-hydrogen) atoms. The van der Waals surface area contributed by atoms with Crippen LogP contribution in [0.2, 0.25) is 0 Å². The zero-order chi connectivity index (χ0) is 21.9. The van der Waals surface area contributed by atoms with Crippen molar-refractivity contribution in [2.75, 3.05) is 0 Å². The van der Waals surface area contributed by atoms with Gasteiger partial charge in [-0.1, -0.05) is 78.9 Å². The summed E-state index contributed by atoms with van der Waals surface area (Å²) in [5, 5.41) is 13.3. The lowest BCUT2D eigenvalue weighted by Gasteiger charge is -2.30. The summed E-state index contributed by atoms with van der Waals surface area (Å²) in [6.45, 7) is 0. The molecule has 0 unspecified atom stereocenters.